The van der Waals surface area contributed by atoms with E-state index in [4.69, 9.17) is 5.11 Å². The van der Waals surface area contributed by atoms with Crippen LogP contribution >= 0.6 is 0 Å². The molecule has 21 heavy (non-hydrogen) atoms. The van der Waals surface area contributed by atoms with Crippen molar-refractivity contribution in [2.24, 2.45) is 10.2 Å². The van der Waals surface area contributed by atoms with Gasteiger partial charge in [-0.15, -0.1) is 0 Å². The van der Waals surface area contributed by atoms with Crippen LogP contribution in [0.15, 0.2) is 46.6 Å². The Morgan fingerprint density at radius 3 is 2.38 bits per heavy atom. The number of carboxylic acid groups (broad SMARTS) is 1. The Kier molecular flexibility index (Phi) is 4.48. The van der Waals surface area contributed by atoms with Crippen LogP contribution in [0.4, 0.5) is 5.69 Å². The maximum Gasteiger partial charge on any atom is 0.335 e. The highest BCUT2D eigenvalue weighted by molar-refractivity contribution is 5.88. The number of aryl methyl sites for hydroxylation is 3. The summed E-state index contributed by atoms with van der Waals surface area (Å²) in [5, 5.41) is 17.2. The van der Waals surface area contributed by atoms with Crippen LogP contribution in [0.25, 0.3) is 0 Å². The molecule has 0 aliphatic heterocycles. The second kappa shape index (κ2) is 6.31. The van der Waals surface area contributed by atoms with Gasteiger partial charge >= 0.3 is 5.97 Å². The van der Waals surface area contributed by atoms with Gasteiger partial charge in [-0.1, -0.05) is 23.8 Å². The third-order valence-electron chi connectivity index (χ3n) is 3.35. The highest BCUT2D eigenvalue weighted by atomic mass is 16.4. The van der Waals surface area contributed by atoms with Crippen LogP contribution in [0, 0.1) is 20.8 Å². The molecule has 0 heterocycles. The molecule has 0 fully saturated rings. The number of carbonyl (C=O) groups is 1. The molecule has 2 aromatic carbocycles. The van der Waals surface area contributed by atoms with E-state index in [1.807, 2.05) is 0 Å². The third kappa shape index (κ3) is 3.75. The van der Waals surface area contributed by atoms with Crippen LogP contribution in [0.1, 0.15) is 32.6 Å². The second-order valence-electron chi connectivity index (χ2n) is 5.13. The normalized spacial score (nSPS) is 11.0. The summed E-state index contributed by atoms with van der Waals surface area (Å²) in [6.07, 6.45) is 0. The number of rotatable bonds is 4. The number of azo groups is 1. The third-order valence-corrected chi connectivity index (χ3v) is 3.35. The van der Waals surface area contributed by atoms with Gasteiger partial charge < -0.3 is 5.11 Å². The second-order valence-corrected chi connectivity index (χ2v) is 5.13. The fraction of sp³-hybridized carbons (Fsp3) is 0.235. The zero-order valence-corrected chi connectivity index (χ0v) is 12.4. The lowest BCUT2D eigenvalue weighted by Gasteiger charge is -2.08. The molecule has 0 aliphatic carbocycles. The average molecular weight is 282 g/mol. The Balaban J connectivity index is 2.16. The van der Waals surface area contributed by atoms with Crippen molar-refractivity contribution in [3.63, 3.8) is 0 Å². The Labute approximate surface area is 124 Å². The minimum Gasteiger partial charge on any atom is -0.478 e. The van der Waals surface area contributed by atoms with Crippen LogP contribution in [-0.4, -0.2) is 11.1 Å². The van der Waals surface area contributed by atoms with E-state index in [0.29, 0.717) is 12.2 Å². The van der Waals surface area contributed by atoms with Gasteiger partial charge in [0.1, 0.15) is 0 Å². The molecule has 108 valence electrons. The summed E-state index contributed by atoms with van der Waals surface area (Å²) >= 11 is 0. The highest BCUT2D eigenvalue weighted by Gasteiger charge is 2.04. The van der Waals surface area contributed by atoms with Gasteiger partial charge in [-0.05, 0) is 55.7 Å². The first-order chi connectivity index (χ1) is 9.97. The molecule has 0 spiro atoms. The Morgan fingerprint density at radius 2 is 1.76 bits per heavy atom. The fourth-order valence-corrected chi connectivity index (χ4v) is 2.35. The smallest absolute Gasteiger partial charge is 0.335 e. The van der Waals surface area contributed by atoms with E-state index in [1.54, 1.807) is 12.1 Å². The first-order valence-corrected chi connectivity index (χ1v) is 6.75. The van der Waals surface area contributed by atoms with Gasteiger partial charge in [0, 0.05) is 0 Å². The molecule has 0 aromatic heterocycles. The van der Waals surface area contributed by atoms with Gasteiger partial charge in [-0.3, -0.25) is 0 Å². The van der Waals surface area contributed by atoms with Crippen molar-refractivity contribution in [3.05, 3.63) is 64.2 Å². The molecule has 2 rings (SSSR count). The summed E-state index contributed by atoms with van der Waals surface area (Å²) < 4.78 is 0. The van der Waals surface area contributed by atoms with Crippen molar-refractivity contribution in [2.75, 3.05) is 0 Å². The predicted octanol–water partition coefficient (Wildman–Crippen LogP) is 4.59. The van der Waals surface area contributed by atoms with E-state index in [9.17, 15) is 4.79 Å². The molecular weight excluding hydrogens is 264 g/mol. The summed E-state index contributed by atoms with van der Waals surface area (Å²) in [7, 11) is 0. The first kappa shape index (κ1) is 14.9. The van der Waals surface area contributed by atoms with Crippen LogP contribution in [0.3, 0.4) is 0 Å². The number of carboxylic acids is 1. The van der Waals surface area contributed by atoms with E-state index in [2.05, 4.69) is 43.1 Å². The number of aromatic carboxylic acids is 1. The quantitative estimate of drug-likeness (QED) is 0.833. The van der Waals surface area contributed by atoms with E-state index in [-0.39, 0.29) is 5.56 Å². The number of hydrogen-bond donors (Lipinski definition) is 1. The van der Waals surface area contributed by atoms with Crippen LogP contribution in [0.2, 0.25) is 0 Å². The molecule has 0 saturated carbocycles. The lowest BCUT2D eigenvalue weighted by Crippen LogP contribution is -1.94. The van der Waals surface area contributed by atoms with Gasteiger partial charge in [-0.25, -0.2) is 4.79 Å². The number of nitrogens with zero attached hydrogens (tertiary/aromatic N) is 2. The molecule has 0 aliphatic rings. The number of hydrogen-bond acceptors (Lipinski definition) is 3. The molecule has 0 saturated heterocycles. The largest absolute Gasteiger partial charge is 0.478 e. The van der Waals surface area contributed by atoms with Gasteiger partial charge in [0.05, 0.1) is 17.8 Å². The van der Waals surface area contributed by atoms with Crippen molar-refractivity contribution in [3.8, 4) is 0 Å². The van der Waals surface area contributed by atoms with E-state index >= 15 is 0 Å². The van der Waals surface area contributed by atoms with Gasteiger partial charge in [0.15, 0.2) is 0 Å². The zero-order valence-electron chi connectivity index (χ0n) is 12.4. The molecule has 4 heteroatoms. The predicted molar refractivity (Wildman–Crippen MR) is 82.3 cm³/mol. The van der Waals surface area contributed by atoms with Crippen molar-refractivity contribution in [1.82, 2.24) is 0 Å². The van der Waals surface area contributed by atoms with Crippen LogP contribution < -0.4 is 0 Å². The van der Waals surface area contributed by atoms with E-state index in [1.165, 1.54) is 34.4 Å². The van der Waals surface area contributed by atoms with E-state index < -0.39 is 5.97 Å². The molecule has 0 unspecified atom stereocenters. The van der Waals surface area contributed by atoms with Crippen LogP contribution in [-0.2, 0) is 6.54 Å². The molecular formula is C17H18N2O2. The summed E-state index contributed by atoms with van der Waals surface area (Å²) in [6, 6.07) is 10.7. The SMILES string of the molecule is Cc1cc(C)c(CN=Nc2cccc(C(=O)O)c2)c(C)c1. The zero-order chi connectivity index (χ0) is 15.4. The topological polar surface area (TPSA) is 62.0 Å². The summed E-state index contributed by atoms with van der Waals surface area (Å²) in [4.78, 5) is 10.9. The Bertz CT molecular complexity index is 683. The lowest BCUT2D eigenvalue weighted by atomic mass is 10.0. The molecule has 0 bridgehead atoms. The average Bonchev–Trinajstić information content (AvgIpc) is 2.42. The molecule has 2 aromatic rings. The monoisotopic (exact) mass is 282 g/mol. The molecule has 1 N–H and O–H groups in total. The van der Waals surface area contributed by atoms with Gasteiger partial charge in [0.2, 0.25) is 0 Å². The maximum atomic E-state index is 10.9. The van der Waals surface area contributed by atoms with Crippen LogP contribution in [0.5, 0.6) is 0 Å². The highest BCUT2D eigenvalue weighted by Crippen LogP contribution is 2.19. The number of benzene rings is 2. The van der Waals surface area contributed by atoms with Crippen molar-refractivity contribution in [2.45, 2.75) is 27.3 Å². The minimum atomic E-state index is -0.961. The van der Waals surface area contributed by atoms with Crippen molar-refractivity contribution >= 4 is 11.7 Å². The van der Waals surface area contributed by atoms with Gasteiger partial charge in [-0.2, -0.15) is 10.2 Å². The summed E-state index contributed by atoms with van der Waals surface area (Å²) in [5.41, 5.74) is 5.57. The van der Waals surface area contributed by atoms with Gasteiger partial charge in [0.25, 0.3) is 0 Å². The first-order valence-electron chi connectivity index (χ1n) is 6.75. The minimum absolute atomic E-state index is 0.217. The molecule has 0 atom stereocenters. The van der Waals surface area contributed by atoms with Crippen molar-refractivity contribution < 1.29 is 9.90 Å². The fourth-order valence-electron chi connectivity index (χ4n) is 2.35. The lowest BCUT2D eigenvalue weighted by molar-refractivity contribution is 0.0697. The molecule has 0 radical (unpaired) electrons. The summed E-state index contributed by atoms with van der Waals surface area (Å²) in [5.74, 6) is -0.961. The maximum absolute atomic E-state index is 10.9. The Hall–Kier alpha value is -2.49. The van der Waals surface area contributed by atoms with Crippen molar-refractivity contribution in [1.29, 1.82) is 0 Å². The standard InChI is InChI=1S/C17H18N2O2/c1-11-7-12(2)16(13(3)8-11)10-18-19-15-6-4-5-14(9-15)17(20)21/h4-9H,10H2,1-3H3,(H,20,21). The summed E-state index contributed by atoms with van der Waals surface area (Å²) in [6.45, 7) is 6.70. The Morgan fingerprint density at radius 1 is 1.10 bits per heavy atom. The van der Waals surface area contributed by atoms with E-state index in [0.717, 1.165) is 0 Å². The molecule has 4 nitrogen and oxygen atoms in total. The molecule has 0 amide bonds.